The second kappa shape index (κ2) is 14.7. The highest BCUT2D eigenvalue weighted by Gasteiger charge is 2.32. The maximum atomic E-state index is 12.8. The molecule has 0 aliphatic rings. The van der Waals surface area contributed by atoms with E-state index in [0.29, 0.717) is 6.42 Å². The second-order valence-corrected chi connectivity index (χ2v) is 7.63. The lowest BCUT2D eigenvalue weighted by Gasteiger charge is -2.28. The molecule has 0 heterocycles. The van der Waals surface area contributed by atoms with E-state index >= 15 is 0 Å². The van der Waals surface area contributed by atoms with E-state index in [-0.39, 0.29) is 25.7 Å². The van der Waals surface area contributed by atoms with Crippen molar-refractivity contribution in [1.82, 2.24) is 16.0 Å². The highest BCUT2D eigenvalue weighted by molar-refractivity contribution is 5.94. The first-order valence-corrected chi connectivity index (χ1v) is 10.4. The average molecular weight is 475 g/mol. The third-order valence-corrected chi connectivity index (χ3v) is 4.93. The van der Waals surface area contributed by atoms with Crippen LogP contribution in [-0.2, 0) is 28.8 Å². The van der Waals surface area contributed by atoms with Crippen LogP contribution in [-0.4, -0.2) is 76.5 Å². The molecule has 0 bridgehead atoms. The molecule has 0 spiro atoms. The summed E-state index contributed by atoms with van der Waals surface area (Å²) < 4.78 is 0. The molecule has 33 heavy (non-hydrogen) atoms. The molecule has 188 valence electrons. The van der Waals surface area contributed by atoms with Crippen LogP contribution in [0.1, 0.15) is 46.0 Å². The number of hydrogen-bond donors (Lipinski definition) is 8. The minimum atomic E-state index is -1.42. The van der Waals surface area contributed by atoms with Gasteiger partial charge >= 0.3 is 5.97 Å². The van der Waals surface area contributed by atoms with Crippen LogP contribution in [0.3, 0.4) is 0 Å². The Morgan fingerprint density at radius 2 is 1.30 bits per heavy atom. The molecule has 14 nitrogen and oxygen atoms in total. The molecule has 0 saturated heterocycles. The van der Waals surface area contributed by atoms with Crippen LogP contribution in [0, 0.1) is 5.92 Å². The monoisotopic (exact) mass is 474 g/mol. The molecule has 0 aliphatic heterocycles. The number of aliphatic carboxylic acids is 1. The number of rotatable bonds is 16. The zero-order chi connectivity index (χ0) is 25.7. The van der Waals surface area contributed by atoms with Crippen LogP contribution in [0.2, 0.25) is 0 Å². The van der Waals surface area contributed by atoms with E-state index in [1.165, 1.54) is 0 Å². The molecular weight excluding hydrogens is 440 g/mol. The molecule has 0 aromatic rings. The first-order valence-electron chi connectivity index (χ1n) is 10.4. The van der Waals surface area contributed by atoms with E-state index in [0.717, 1.165) is 0 Å². The second-order valence-electron chi connectivity index (χ2n) is 7.63. The van der Waals surface area contributed by atoms with Crippen LogP contribution >= 0.6 is 0 Å². The number of nitrogens with two attached hydrogens (primary N) is 3. The first-order chi connectivity index (χ1) is 15.3. The molecule has 0 fully saturated rings. The number of carboxylic acids is 1. The molecule has 0 rings (SSSR count). The predicted octanol–water partition coefficient (Wildman–Crippen LogP) is -3.58. The number of aliphatic hydroxyl groups excluding tert-OH is 1. The minimum absolute atomic E-state index is 0.198. The number of carbonyl (C=O) groups excluding carboxylic acids is 5. The Kier molecular flexibility index (Phi) is 13.3. The number of aliphatic hydroxyl groups is 1. The quantitative estimate of drug-likeness (QED) is 0.110. The van der Waals surface area contributed by atoms with Gasteiger partial charge < -0.3 is 43.4 Å². The van der Waals surface area contributed by atoms with Crippen LogP contribution in [0.4, 0.5) is 0 Å². The summed E-state index contributed by atoms with van der Waals surface area (Å²) in [6, 6.07) is -5.23. The lowest BCUT2D eigenvalue weighted by Crippen LogP contribution is -2.59. The maximum Gasteiger partial charge on any atom is 0.326 e. The number of primary amides is 2. The number of amides is 5. The van der Waals surface area contributed by atoms with Crippen molar-refractivity contribution in [1.29, 1.82) is 0 Å². The Bertz CT molecular complexity index is 731. The predicted molar refractivity (Wildman–Crippen MR) is 115 cm³/mol. The molecule has 5 unspecified atom stereocenters. The molecule has 0 saturated carbocycles. The van der Waals surface area contributed by atoms with E-state index < -0.39 is 72.2 Å². The van der Waals surface area contributed by atoms with Crippen molar-refractivity contribution in [2.75, 3.05) is 6.61 Å². The maximum absolute atomic E-state index is 12.8. The van der Waals surface area contributed by atoms with Gasteiger partial charge in [0.2, 0.25) is 29.5 Å². The van der Waals surface area contributed by atoms with Crippen LogP contribution < -0.4 is 33.2 Å². The highest BCUT2D eigenvalue weighted by Crippen LogP contribution is 2.11. The SMILES string of the molecule is CCC(C)C(NC(=O)C(CCC(N)=O)NC(=O)C(N)CO)C(=O)NC(CCC(N)=O)C(=O)O. The van der Waals surface area contributed by atoms with Gasteiger partial charge in [-0.25, -0.2) is 4.79 Å². The fourth-order valence-corrected chi connectivity index (χ4v) is 2.68. The molecule has 14 heteroatoms. The Labute approximate surface area is 191 Å². The molecule has 0 aliphatic carbocycles. The average Bonchev–Trinajstić information content (AvgIpc) is 2.75. The third kappa shape index (κ3) is 11.2. The van der Waals surface area contributed by atoms with E-state index in [1.54, 1.807) is 13.8 Å². The van der Waals surface area contributed by atoms with Crippen LogP contribution in [0.15, 0.2) is 0 Å². The molecule has 11 N–H and O–H groups in total. The van der Waals surface area contributed by atoms with E-state index in [4.69, 9.17) is 22.3 Å². The lowest BCUT2D eigenvalue weighted by atomic mass is 9.96. The Hall–Kier alpha value is -3.26. The summed E-state index contributed by atoms with van der Waals surface area (Å²) in [5.41, 5.74) is 15.6. The normalized spacial score (nSPS) is 15.3. The molecular formula is C19H34N6O8. The van der Waals surface area contributed by atoms with Crippen LogP contribution in [0.5, 0.6) is 0 Å². The van der Waals surface area contributed by atoms with Gasteiger partial charge in [-0.05, 0) is 18.8 Å². The summed E-state index contributed by atoms with van der Waals surface area (Å²) in [6.45, 7) is 2.70. The number of carbonyl (C=O) groups is 6. The van der Waals surface area contributed by atoms with Gasteiger partial charge in [0.25, 0.3) is 0 Å². The van der Waals surface area contributed by atoms with E-state index in [2.05, 4.69) is 16.0 Å². The zero-order valence-corrected chi connectivity index (χ0v) is 18.7. The Morgan fingerprint density at radius 1 is 0.818 bits per heavy atom. The van der Waals surface area contributed by atoms with Crippen molar-refractivity contribution in [2.24, 2.45) is 23.1 Å². The third-order valence-electron chi connectivity index (χ3n) is 4.93. The molecule has 0 aromatic heterocycles. The Balaban J connectivity index is 5.57. The van der Waals surface area contributed by atoms with E-state index in [9.17, 15) is 33.9 Å². The summed E-state index contributed by atoms with van der Waals surface area (Å²) in [5, 5.41) is 25.3. The standard InChI is InChI=1S/C19H34N6O8/c1-3-9(2)15(18(31)24-12(19(32)33)5-7-14(22)28)25-17(30)11(4-6-13(21)27)23-16(29)10(20)8-26/h9-12,15,26H,3-8,20H2,1-2H3,(H2,21,27)(H2,22,28)(H,23,29)(H,24,31)(H,25,30)(H,32,33). The number of hydrogen-bond acceptors (Lipinski definition) is 8. The molecule has 5 atom stereocenters. The van der Waals surface area contributed by atoms with Gasteiger partial charge in [-0.2, -0.15) is 0 Å². The van der Waals surface area contributed by atoms with Gasteiger partial charge in [0, 0.05) is 12.8 Å². The largest absolute Gasteiger partial charge is 0.480 e. The van der Waals surface area contributed by atoms with Crippen molar-refractivity contribution in [3.63, 3.8) is 0 Å². The molecule has 5 amide bonds. The van der Waals surface area contributed by atoms with E-state index in [1.807, 2.05) is 0 Å². The fourth-order valence-electron chi connectivity index (χ4n) is 2.68. The summed E-state index contributed by atoms with van der Waals surface area (Å²) in [4.78, 5) is 71.2. The number of nitrogens with one attached hydrogen (secondary N) is 3. The summed E-state index contributed by atoms with van der Waals surface area (Å²) in [7, 11) is 0. The van der Waals surface area contributed by atoms with Crippen molar-refractivity contribution in [3.8, 4) is 0 Å². The smallest absolute Gasteiger partial charge is 0.326 e. The van der Waals surface area contributed by atoms with Gasteiger partial charge in [-0.3, -0.25) is 24.0 Å². The van der Waals surface area contributed by atoms with Crippen molar-refractivity contribution < 1.29 is 39.0 Å². The fraction of sp³-hybridized carbons (Fsp3) is 0.684. The van der Waals surface area contributed by atoms with Gasteiger partial charge in [-0.15, -0.1) is 0 Å². The van der Waals surface area contributed by atoms with Gasteiger partial charge in [0.1, 0.15) is 24.2 Å². The van der Waals surface area contributed by atoms with Gasteiger partial charge in [0.15, 0.2) is 0 Å². The van der Waals surface area contributed by atoms with Crippen molar-refractivity contribution in [3.05, 3.63) is 0 Å². The zero-order valence-electron chi connectivity index (χ0n) is 18.7. The molecule has 0 aromatic carbocycles. The van der Waals surface area contributed by atoms with Gasteiger partial charge in [0.05, 0.1) is 6.61 Å². The highest BCUT2D eigenvalue weighted by atomic mass is 16.4. The lowest BCUT2D eigenvalue weighted by molar-refractivity contribution is -0.143. The minimum Gasteiger partial charge on any atom is -0.480 e. The first kappa shape index (κ1) is 29.7. The van der Waals surface area contributed by atoms with Gasteiger partial charge in [-0.1, -0.05) is 20.3 Å². The molecule has 0 radical (unpaired) electrons. The van der Waals surface area contributed by atoms with Crippen molar-refractivity contribution in [2.45, 2.75) is 70.1 Å². The van der Waals surface area contributed by atoms with Crippen molar-refractivity contribution >= 4 is 35.5 Å². The topological polar surface area (TPSA) is 257 Å². The Morgan fingerprint density at radius 3 is 1.73 bits per heavy atom. The summed E-state index contributed by atoms with van der Waals surface area (Å²) in [6.07, 6.45) is -0.555. The number of carboxylic acid groups (broad SMARTS) is 1. The summed E-state index contributed by atoms with van der Waals surface area (Å²) in [5.74, 6) is -5.82. The summed E-state index contributed by atoms with van der Waals surface area (Å²) >= 11 is 0. The van der Waals surface area contributed by atoms with Crippen LogP contribution in [0.25, 0.3) is 0 Å².